The van der Waals surface area contributed by atoms with Gasteiger partial charge in [0.05, 0.1) is 13.2 Å². The van der Waals surface area contributed by atoms with Crippen LogP contribution in [0.4, 0.5) is 0 Å². The summed E-state index contributed by atoms with van der Waals surface area (Å²) in [5.74, 6) is 3.53. The van der Waals surface area contributed by atoms with Crippen molar-refractivity contribution in [2.24, 2.45) is 0 Å². The van der Waals surface area contributed by atoms with Crippen LogP contribution in [0.25, 0.3) is 33.4 Å². The number of halogens is 3. The smallest absolute Gasteiger partial charge is 0.119 e. The largest absolute Gasteiger partial charge is 0.508 e. The van der Waals surface area contributed by atoms with Gasteiger partial charge in [0.25, 0.3) is 0 Å². The standard InChI is InChI=1S/C25H25ClO2.C24H23ClO2.C22H19ClO/c1-27-18-19-28-23-14-12-22(13-15-23)25(21-10-6-3-7-11-21)24(16-17-26)20-8-4-2-5-9-20;25-16-15-23(19-7-3-1-4-8-19)24(20-9-5-2-6-10-20)21-11-13-22(14-12-21)27-18-17-26;23-16-15-21(17-7-3-1-4-8-17)22(18-9-5-2-6-10-18)19-11-13-20(24)14-12-19/h2-15H,16-19H2,1H3;1-14,26H,15-18H2;1-14,24H,15-16H2/b25-24-;24-23-;22-21-. The first-order chi connectivity index (χ1) is 39.0. The molecule has 0 aliphatic rings. The molecule has 0 spiro atoms. The Morgan fingerprint density at radius 2 is 0.570 bits per heavy atom. The van der Waals surface area contributed by atoms with Gasteiger partial charge in [-0.1, -0.05) is 218 Å². The molecule has 0 bridgehead atoms. The summed E-state index contributed by atoms with van der Waals surface area (Å²) in [5.41, 5.74) is 17.6. The van der Waals surface area contributed by atoms with Crippen LogP contribution in [0.15, 0.2) is 255 Å². The third-order valence-electron chi connectivity index (χ3n) is 12.9. The average Bonchev–Trinajstić information content (AvgIpc) is 3.52. The number of benzene rings is 9. The van der Waals surface area contributed by atoms with E-state index in [-0.39, 0.29) is 12.4 Å². The molecular weight excluding hydrogens is 1040 g/mol. The lowest BCUT2D eigenvalue weighted by Crippen LogP contribution is -2.04. The number of phenols is 1. The van der Waals surface area contributed by atoms with Crippen molar-refractivity contribution < 1.29 is 24.4 Å². The summed E-state index contributed by atoms with van der Waals surface area (Å²) >= 11 is 18.5. The van der Waals surface area contributed by atoms with E-state index in [0.29, 0.717) is 37.5 Å². The first-order valence-electron chi connectivity index (χ1n) is 26.5. The third-order valence-corrected chi connectivity index (χ3v) is 13.4. The van der Waals surface area contributed by atoms with Gasteiger partial charge in [-0.05, 0) is 139 Å². The van der Waals surface area contributed by atoms with Gasteiger partial charge in [0.2, 0.25) is 0 Å². The van der Waals surface area contributed by atoms with Crippen LogP contribution in [0.2, 0.25) is 0 Å². The van der Waals surface area contributed by atoms with Gasteiger partial charge in [-0.2, -0.15) is 0 Å². The zero-order chi connectivity index (χ0) is 55.3. The van der Waals surface area contributed by atoms with Gasteiger partial charge in [-0.3, -0.25) is 0 Å². The van der Waals surface area contributed by atoms with Crippen molar-refractivity contribution in [1.29, 1.82) is 0 Å². The maximum atomic E-state index is 9.63. The molecule has 0 heterocycles. The number of hydrogen-bond acceptors (Lipinski definition) is 5. The topological polar surface area (TPSA) is 68.2 Å². The summed E-state index contributed by atoms with van der Waals surface area (Å²) in [6.45, 7) is 1.41. The van der Waals surface area contributed by atoms with Crippen LogP contribution in [0.3, 0.4) is 0 Å². The highest BCUT2D eigenvalue weighted by atomic mass is 35.5. The Bertz CT molecular complexity index is 3240. The fourth-order valence-corrected chi connectivity index (χ4v) is 9.84. The number of phenolic OH excluding ortho intramolecular Hbond substituents is 1. The van der Waals surface area contributed by atoms with Crippen LogP contribution in [0.5, 0.6) is 17.2 Å². The summed E-state index contributed by atoms with van der Waals surface area (Å²) < 4.78 is 16.3. The number of alkyl halides is 3. The predicted octanol–water partition coefficient (Wildman–Crippen LogP) is 17.9. The summed E-state index contributed by atoms with van der Waals surface area (Å²) in [4.78, 5) is 0. The van der Waals surface area contributed by atoms with Gasteiger partial charge < -0.3 is 24.4 Å². The highest BCUT2D eigenvalue weighted by molar-refractivity contribution is 6.19. The Hall–Kier alpha value is -7.61. The Balaban J connectivity index is 0.000000172. The number of hydrogen-bond donors (Lipinski definition) is 2. The second kappa shape index (κ2) is 33.0. The van der Waals surface area contributed by atoms with Crippen molar-refractivity contribution >= 4 is 68.2 Å². The van der Waals surface area contributed by atoms with E-state index in [4.69, 9.17) is 54.1 Å². The molecule has 0 atom stereocenters. The first-order valence-corrected chi connectivity index (χ1v) is 28.1. The number of rotatable bonds is 22. The summed E-state index contributed by atoms with van der Waals surface area (Å²) in [6, 6.07) is 86.0. The second-order valence-corrected chi connectivity index (χ2v) is 19.2. The van der Waals surface area contributed by atoms with Crippen LogP contribution in [0, 0.1) is 0 Å². The minimum atomic E-state index is 0.00476. The van der Waals surface area contributed by atoms with Crippen LogP contribution >= 0.6 is 34.8 Å². The van der Waals surface area contributed by atoms with Crippen molar-refractivity contribution in [3.63, 3.8) is 0 Å². The molecule has 0 saturated carbocycles. The quantitative estimate of drug-likeness (QED) is 0.0402. The zero-order valence-electron chi connectivity index (χ0n) is 44.6. The Morgan fingerprint density at radius 1 is 0.316 bits per heavy atom. The monoisotopic (exact) mass is 1100 g/mol. The molecule has 5 nitrogen and oxygen atoms in total. The third kappa shape index (κ3) is 17.7. The number of ether oxygens (including phenoxy) is 3. The average molecular weight is 1110 g/mol. The van der Waals surface area contributed by atoms with Crippen LogP contribution in [-0.4, -0.2) is 61.4 Å². The van der Waals surface area contributed by atoms with Gasteiger partial charge in [0.1, 0.15) is 30.5 Å². The Kier molecular flexibility index (Phi) is 24.6. The molecule has 0 radical (unpaired) electrons. The van der Waals surface area contributed by atoms with E-state index in [1.807, 2.05) is 97.1 Å². The lowest BCUT2D eigenvalue weighted by molar-refractivity contribution is 0.146. The molecule has 0 aromatic heterocycles. The minimum absolute atomic E-state index is 0.00476. The normalized spacial score (nSPS) is 11.8. The predicted molar refractivity (Wildman–Crippen MR) is 333 cm³/mol. The van der Waals surface area contributed by atoms with Gasteiger partial charge in [0.15, 0.2) is 0 Å². The van der Waals surface area contributed by atoms with Crippen LogP contribution in [-0.2, 0) is 4.74 Å². The number of aliphatic hydroxyl groups excluding tert-OH is 1. The van der Waals surface area contributed by atoms with Crippen molar-refractivity contribution in [2.75, 3.05) is 51.2 Å². The SMILES string of the molecule is COCCOc1ccc(/C(=C(/CCCl)c2ccccc2)c2ccccc2)cc1.OCCOc1ccc(/C(=C(/CCCl)c2ccccc2)c2ccccc2)cc1.Oc1ccc(/C(=C(/CCCl)c2ccccc2)c2ccccc2)cc1. The molecule has 9 aromatic rings. The van der Waals surface area contributed by atoms with E-state index >= 15 is 0 Å². The van der Waals surface area contributed by atoms with Gasteiger partial charge in [0, 0.05) is 24.7 Å². The van der Waals surface area contributed by atoms with Crippen LogP contribution < -0.4 is 9.47 Å². The molecule has 0 saturated heterocycles. The molecule has 9 rings (SSSR count). The molecule has 0 fully saturated rings. The van der Waals surface area contributed by atoms with E-state index in [0.717, 1.165) is 64.2 Å². The Labute approximate surface area is 482 Å². The Morgan fingerprint density at radius 3 is 0.835 bits per heavy atom. The molecule has 79 heavy (non-hydrogen) atoms. The fourth-order valence-electron chi connectivity index (χ4n) is 9.27. The van der Waals surface area contributed by atoms with Crippen molar-refractivity contribution in [3.8, 4) is 17.2 Å². The summed E-state index contributed by atoms with van der Waals surface area (Å²) in [6.07, 6.45) is 2.34. The molecule has 402 valence electrons. The minimum Gasteiger partial charge on any atom is -0.508 e. The molecule has 0 aliphatic heterocycles. The van der Waals surface area contributed by atoms with E-state index < -0.39 is 0 Å². The summed E-state index contributed by atoms with van der Waals surface area (Å²) in [7, 11) is 1.67. The van der Waals surface area contributed by atoms with Gasteiger partial charge in [-0.15, -0.1) is 34.8 Å². The van der Waals surface area contributed by atoms with E-state index in [1.54, 1.807) is 19.2 Å². The van der Waals surface area contributed by atoms with Gasteiger partial charge >= 0.3 is 0 Å². The van der Waals surface area contributed by atoms with E-state index in [9.17, 15) is 5.11 Å². The van der Waals surface area contributed by atoms with Gasteiger partial charge in [-0.25, -0.2) is 0 Å². The molecule has 2 N–H and O–H groups in total. The number of allylic oxidation sites excluding steroid dienone is 3. The molecule has 0 amide bonds. The van der Waals surface area contributed by atoms with Crippen LogP contribution in [0.1, 0.15) is 69.3 Å². The highest BCUT2D eigenvalue weighted by Gasteiger charge is 2.17. The fraction of sp³-hybridized carbons (Fsp3) is 0.155. The molecule has 0 unspecified atom stereocenters. The maximum absolute atomic E-state index is 9.63. The lowest BCUT2D eigenvalue weighted by atomic mass is 9.88. The van der Waals surface area contributed by atoms with Crippen molar-refractivity contribution in [3.05, 3.63) is 305 Å². The molecule has 0 aliphatic carbocycles. The number of aromatic hydroxyl groups is 1. The maximum Gasteiger partial charge on any atom is 0.119 e. The number of methoxy groups -OCH3 is 1. The highest BCUT2D eigenvalue weighted by Crippen LogP contribution is 2.38. The molecular formula is C71H67Cl3O5. The lowest BCUT2D eigenvalue weighted by Gasteiger charge is -2.17. The van der Waals surface area contributed by atoms with Crippen molar-refractivity contribution in [2.45, 2.75) is 19.3 Å². The van der Waals surface area contributed by atoms with E-state index in [1.165, 1.54) is 50.1 Å². The zero-order valence-corrected chi connectivity index (χ0v) is 46.8. The number of aliphatic hydroxyl groups is 1. The van der Waals surface area contributed by atoms with E-state index in [2.05, 4.69) is 146 Å². The second-order valence-electron chi connectivity index (χ2n) is 18.1. The summed E-state index contributed by atoms with van der Waals surface area (Å²) in [5, 5.41) is 18.6. The first kappa shape index (κ1) is 59.1. The molecule has 9 aromatic carbocycles. The molecule has 8 heteroatoms. The van der Waals surface area contributed by atoms with Crippen molar-refractivity contribution in [1.82, 2.24) is 0 Å².